The Hall–Kier alpha value is -4.02. The van der Waals surface area contributed by atoms with Gasteiger partial charge in [-0.15, -0.1) is 0 Å². The van der Waals surface area contributed by atoms with Crippen molar-refractivity contribution < 1.29 is 9.53 Å². The normalized spacial score (nSPS) is 11.4. The van der Waals surface area contributed by atoms with E-state index in [2.05, 4.69) is 15.1 Å². The van der Waals surface area contributed by atoms with E-state index in [-0.39, 0.29) is 29.0 Å². The maximum atomic E-state index is 13.1. The van der Waals surface area contributed by atoms with Crippen LogP contribution in [-0.4, -0.2) is 34.9 Å². The van der Waals surface area contributed by atoms with E-state index in [4.69, 9.17) is 4.74 Å². The number of H-pyrrole nitrogens is 1. The van der Waals surface area contributed by atoms with Crippen molar-refractivity contribution in [3.8, 4) is 0 Å². The Bertz CT molecular complexity index is 1580. The zero-order valence-corrected chi connectivity index (χ0v) is 20.0. The van der Waals surface area contributed by atoms with Crippen molar-refractivity contribution >= 4 is 27.9 Å². The Balaban J connectivity index is 1.75. The highest BCUT2D eigenvalue weighted by Gasteiger charge is 2.22. The summed E-state index contributed by atoms with van der Waals surface area (Å²) in [6.45, 7) is 6.67. The van der Waals surface area contributed by atoms with Crippen molar-refractivity contribution in [3.05, 3.63) is 67.0 Å². The molecule has 0 spiro atoms. The van der Waals surface area contributed by atoms with E-state index in [1.165, 1.54) is 9.25 Å². The number of imidazole rings is 1. The zero-order valence-electron chi connectivity index (χ0n) is 20.0. The number of hydrogen-bond acceptors (Lipinski definition) is 7. The third-order valence-corrected chi connectivity index (χ3v) is 5.84. The molecule has 0 radical (unpaired) electrons. The first-order valence-corrected chi connectivity index (χ1v) is 11.8. The van der Waals surface area contributed by atoms with Crippen LogP contribution in [-0.2, 0) is 31.0 Å². The number of nitrogens with zero attached hydrogens (tertiary/aromatic N) is 5. The van der Waals surface area contributed by atoms with Crippen molar-refractivity contribution in [2.75, 3.05) is 0 Å². The molecule has 11 nitrogen and oxygen atoms in total. The SMILES string of the molecule is CCCCn1c(=O)[nH]c(=O)c2c1nc(COC(=O)c1nn(CC)c(=O)c3ccccc13)n2CCC. The van der Waals surface area contributed by atoms with Crippen LogP contribution in [0.2, 0.25) is 0 Å². The molecule has 35 heavy (non-hydrogen) atoms. The highest BCUT2D eigenvalue weighted by molar-refractivity contribution is 6.02. The summed E-state index contributed by atoms with van der Waals surface area (Å²) in [6.07, 6.45) is 2.32. The minimum atomic E-state index is -0.712. The minimum Gasteiger partial charge on any atom is -0.453 e. The number of hydrogen-bond donors (Lipinski definition) is 1. The molecular weight excluding hydrogens is 452 g/mol. The third-order valence-electron chi connectivity index (χ3n) is 5.84. The summed E-state index contributed by atoms with van der Waals surface area (Å²) in [4.78, 5) is 57.6. The number of unbranched alkanes of at least 4 members (excludes halogenated alkanes) is 1. The molecule has 1 aromatic carbocycles. The van der Waals surface area contributed by atoms with E-state index in [0.29, 0.717) is 42.7 Å². The Kier molecular flexibility index (Phi) is 6.94. The highest BCUT2D eigenvalue weighted by Crippen LogP contribution is 2.17. The molecule has 4 rings (SSSR count). The molecule has 0 amide bonds. The van der Waals surface area contributed by atoms with Crippen LogP contribution in [0.5, 0.6) is 0 Å². The summed E-state index contributed by atoms with van der Waals surface area (Å²) in [5.74, 6) is -0.361. The first-order valence-electron chi connectivity index (χ1n) is 11.8. The Labute approximate surface area is 200 Å². The lowest BCUT2D eigenvalue weighted by Crippen LogP contribution is -2.31. The fourth-order valence-electron chi connectivity index (χ4n) is 4.11. The second kappa shape index (κ2) is 10.1. The Morgan fingerprint density at radius 1 is 1.00 bits per heavy atom. The van der Waals surface area contributed by atoms with Gasteiger partial charge in [0.15, 0.2) is 16.9 Å². The van der Waals surface area contributed by atoms with Crippen molar-refractivity contribution in [2.45, 2.75) is 66.3 Å². The molecule has 0 atom stereocenters. The molecule has 3 aromatic heterocycles. The lowest BCUT2D eigenvalue weighted by atomic mass is 10.1. The number of fused-ring (bicyclic) bond motifs is 2. The first-order chi connectivity index (χ1) is 16.9. The summed E-state index contributed by atoms with van der Waals surface area (Å²) in [6, 6.07) is 6.74. The number of aromatic nitrogens is 6. The first kappa shape index (κ1) is 24.1. The third kappa shape index (κ3) is 4.41. The average Bonchev–Trinajstić information content (AvgIpc) is 3.21. The van der Waals surface area contributed by atoms with Gasteiger partial charge < -0.3 is 9.30 Å². The molecule has 11 heteroatoms. The average molecular weight is 481 g/mol. The number of carbonyl (C=O) groups excluding carboxylic acids is 1. The van der Waals surface area contributed by atoms with Gasteiger partial charge in [-0.1, -0.05) is 38.5 Å². The van der Waals surface area contributed by atoms with Crippen LogP contribution in [0.4, 0.5) is 0 Å². The predicted molar refractivity (Wildman–Crippen MR) is 131 cm³/mol. The van der Waals surface area contributed by atoms with Gasteiger partial charge in [0, 0.05) is 25.0 Å². The Morgan fingerprint density at radius 3 is 2.43 bits per heavy atom. The maximum absolute atomic E-state index is 13.1. The van der Waals surface area contributed by atoms with Crippen LogP contribution in [0.15, 0.2) is 38.6 Å². The van der Waals surface area contributed by atoms with Crippen molar-refractivity contribution in [1.82, 2.24) is 28.9 Å². The van der Waals surface area contributed by atoms with Gasteiger partial charge in [0.1, 0.15) is 12.4 Å². The van der Waals surface area contributed by atoms with Crippen molar-refractivity contribution in [1.29, 1.82) is 0 Å². The summed E-state index contributed by atoms with van der Waals surface area (Å²) in [5.41, 5.74) is -0.754. The van der Waals surface area contributed by atoms with Gasteiger partial charge >= 0.3 is 11.7 Å². The monoisotopic (exact) mass is 480 g/mol. The predicted octanol–water partition coefficient (Wildman–Crippen LogP) is 2.18. The smallest absolute Gasteiger partial charge is 0.359 e. The van der Waals surface area contributed by atoms with Crippen LogP contribution in [0.1, 0.15) is 56.3 Å². The largest absolute Gasteiger partial charge is 0.453 e. The van der Waals surface area contributed by atoms with Gasteiger partial charge in [-0.2, -0.15) is 5.10 Å². The number of nitrogens with one attached hydrogen (secondary N) is 1. The van der Waals surface area contributed by atoms with E-state index in [1.807, 2.05) is 13.8 Å². The van der Waals surface area contributed by atoms with E-state index >= 15 is 0 Å². The highest BCUT2D eigenvalue weighted by atomic mass is 16.5. The van der Waals surface area contributed by atoms with Crippen LogP contribution >= 0.6 is 0 Å². The fourth-order valence-corrected chi connectivity index (χ4v) is 4.11. The minimum absolute atomic E-state index is 0.0258. The van der Waals surface area contributed by atoms with Gasteiger partial charge in [-0.05, 0) is 25.8 Å². The fraction of sp³-hybridized carbons (Fsp3) is 0.417. The quantitative estimate of drug-likeness (QED) is 0.363. The molecule has 0 aliphatic heterocycles. The molecule has 0 saturated heterocycles. The van der Waals surface area contributed by atoms with Crippen molar-refractivity contribution in [3.63, 3.8) is 0 Å². The summed E-state index contributed by atoms with van der Waals surface area (Å²) in [5, 5.41) is 4.99. The van der Waals surface area contributed by atoms with E-state index in [0.717, 1.165) is 12.8 Å². The topological polar surface area (TPSA) is 134 Å². The Morgan fingerprint density at radius 2 is 1.74 bits per heavy atom. The van der Waals surface area contributed by atoms with Crippen LogP contribution in [0.3, 0.4) is 0 Å². The van der Waals surface area contributed by atoms with Gasteiger partial charge in [-0.3, -0.25) is 19.1 Å². The standard InChI is InChI=1S/C24H28N6O5/c1-4-7-13-29-20-19(21(31)26-24(29)34)28(12-5-2)17(25-20)14-35-23(33)18-15-10-8-9-11-16(15)22(32)30(6-3)27-18/h8-11H,4-7,12-14H2,1-3H3,(H,26,31,34). The molecule has 1 N–H and O–H groups in total. The molecule has 4 aromatic rings. The van der Waals surface area contributed by atoms with Crippen molar-refractivity contribution in [2.24, 2.45) is 0 Å². The summed E-state index contributed by atoms with van der Waals surface area (Å²) in [7, 11) is 0. The molecule has 0 bridgehead atoms. The van der Waals surface area contributed by atoms with Gasteiger partial charge in [0.25, 0.3) is 11.1 Å². The van der Waals surface area contributed by atoms with E-state index < -0.39 is 17.2 Å². The van der Waals surface area contributed by atoms with E-state index in [1.54, 1.807) is 35.8 Å². The zero-order chi connectivity index (χ0) is 25.1. The molecule has 0 aliphatic rings. The van der Waals surface area contributed by atoms with Gasteiger partial charge in [0.2, 0.25) is 0 Å². The molecule has 0 fully saturated rings. The number of aromatic amines is 1. The molecule has 0 unspecified atom stereocenters. The van der Waals surface area contributed by atoms with Crippen LogP contribution < -0.4 is 16.8 Å². The second-order valence-electron chi connectivity index (χ2n) is 8.21. The molecular formula is C24H28N6O5. The number of rotatable bonds is 9. The lowest BCUT2D eigenvalue weighted by Gasteiger charge is -2.10. The second-order valence-corrected chi connectivity index (χ2v) is 8.21. The van der Waals surface area contributed by atoms with Crippen LogP contribution in [0, 0.1) is 0 Å². The number of esters is 1. The molecule has 0 saturated carbocycles. The van der Waals surface area contributed by atoms with E-state index in [9.17, 15) is 19.2 Å². The number of carbonyl (C=O) groups is 1. The summed E-state index contributed by atoms with van der Waals surface area (Å²) >= 11 is 0. The summed E-state index contributed by atoms with van der Waals surface area (Å²) < 4.78 is 9.92. The lowest BCUT2D eigenvalue weighted by molar-refractivity contribution is 0.0451. The van der Waals surface area contributed by atoms with Gasteiger partial charge in [-0.25, -0.2) is 19.3 Å². The number of benzene rings is 1. The van der Waals surface area contributed by atoms with Crippen LogP contribution in [0.25, 0.3) is 21.9 Å². The van der Waals surface area contributed by atoms with Gasteiger partial charge in [0.05, 0.1) is 5.39 Å². The number of aryl methyl sites for hydroxylation is 3. The molecule has 184 valence electrons. The number of ether oxygens (including phenoxy) is 1. The molecule has 0 aliphatic carbocycles. The molecule has 3 heterocycles. The maximum Gasteiger partial charge on any atom is 0.359 e.